The molecule has 0 saturated carbocycles. The predicted molar refractivity (Wildman–Crippen MR) is 98.8 cm³/mol. The molecule has 0 atom stereocenters. The molecule has 114 valence electrons. The lowest BCUT2D eigenvalue weighted by molar-refractivity contribution is 1.33. The maximum atomic E-state index is 4.92. The first-order valence-electron chi connectivity index (χ1n) is 8.00. The molecule has 5 aromatic rings. The quantitative estimate of drug-likeness (QED) is 0.452. The Hall–Kier alpha value is -3.33. The maximum Gasteiger partial charge on any atom is 0.0730 e. The van der Waals surface area contributed by atoms with Crippen molar-refractivity contribution >= 4 is 21.8 Å². The molecule has 3 aromatic heterocycles. The van der Waals surface area contributed by atoms with Crippen LogP contribution in [0.25, 0.3) is 44.3 Å². The molecule has 3 nitrogen and oxygen atoms in total. The summed E-state index contributed by atoms with van der Waals surface area (Å²) in [5.41, 5.74) is 6.49. The second kappa shape index (κ2) is 5.10. The van der Waals surface area contributed by atoms with Gasteiger partial charge >= 0.3 is 0 Å². The molecule has 24 heavy (non-hydrogen) atoms. The summed E-state index contributed by atoms with van der Waals surface area (Å²) in [4.78, 5) is 11.6. The Morgan fingerprint density at radius 2 is 1.04 bits per heavy atom. The Labute approximate surface area is 139 Å². The highest BCUT2D eigenvalue weighted by molar-refractivity contribution is 5.97. The average molecular weight is 309 g/mol. The van der Waals surface area contributed by atoms with Gasteiger partial charge in [-0.2, -0.15) is 0 Å². The minimum atomic E-state index is 0.982. The Morgan fingerprint density at radius 1 is 0.542 bits per heavy atom. The molecule has 0 radical (unpaired) electrons. The van der Waals surface area contributed by atoms with E-state index in [0.29, 0.717) is 0 Å². The molecular formula is C21H15N3. The van der Waals surface area contributed by atoms with E-state index in [1.807, 2.05) is 24.5 Å². The van der Waals surface area contributed by atoms with Crippen molar-refractivity contribution in [3.8, 4) is 22.5 Å². The molecule has 0 bridgehead atoms. The summed E-state index contributed by atoms with van der Waals surface area (Å²) in [6.07, 6.45) is 4.07. The van der Waals surface area contributed by atoms with Crippen LogP contribution in [0.1, 0.15) is 0 Å². The SMILES string of the molecule is c1cc(-c2c[nH]c3ccccc23)nc(-c2c[nH]c3ccccc23)c1. The number of H-pyrrole nitrogens is 2. The van der Waals surface area contributed by atoms with E-state index in [0.717, 1.165) is 33.5 Å². The molecule has 3 heterocycles. The van der Waals surface area contributed by atoms with Crippen LogP contribution >= 0.6 is 0 Å². The molecule has 3 heteroatoms. The first kappa shape index (κ1) is 13.1. The van der Waals surface area contributed by atoms with Crippen molar-refractivity contribution in [3.05, 3.63) is 79.1 Å². The summed E-state index contributed by atoms with van der Waals surface area (Å²) >= 11 is 0. The van der Waals surface area contributed by atoms with Gasteiger partial charge in [0.05, 0.1) is 11.4 Å². The molecule has 0 fully saturated rings. The number of aromatic nitrogens is 3. The average Bonchev–Trinajstić information content (AvgIpc) is 3.26. The number of benzene rings is 2. The third-order valence-electron chi connectivity index (χ3n) is 4.48. The zero-order valence-electron chi connectivity index (χ0n) is 13.0. The van der Waals surface area contributed by atoms with Crippen LogP contribution < -0.4 is 0 Å². The van der Waals surface area contributed by atoms with Gasteiger partial charge in [-0.3, -0.25) is 0 Å². The Bertz CT molecular complexity index is 1070. The van der Waals surface area contributed by atoms with Gasteiger partial charge in [-0.15, -0.1) is 0 Å². The predicted octanol–water partition coefficient (Wildman–Crippen LogP) is 5.38. The second-order valence-electron chi connectivity index (χ2n) is 5.90. The maximum absolute atomic E-state index is 4.92. The monoisotopic (exact) mass is 309 g/mol. The molecule has 2 N–H and O–H groups in total. The summed E-state index contributed by atoms with van der Waals surface area (Å²) in [5, 5.41) is 2.39. The lowest BCUT2D eigenvalue weighted by Gasteiger charge is -2.03. The molecule has 0 spiro atoms. The molecule has 0 amide bonds. The fourth-order valence-electron chi connectivity index (χ4n) is 3.30. The number of hydrogen-bond donors (Lipinski definition) is 2. The van der Waals surface area contributed by atoms with Crippen LogP contribution in [0.3, 0.4) is 0 Å². The summed E-state index contributed by atoms with van der Waals surface area (Å²) in [5.74, 6) is 0. The number of pyridine rings is 1. The van der Waals surface area contributed by atoms with E-state index in [4.69, 9.17) is 4.98 Å². The summed E-state index contributed by atoms with van der Waals surface area (Å²) < 4.78 is 0. The molecule has 0 saturated heterocycles. The Kier molecular flexibility index (Phi) is 2.79. The van der Waals surface area contributed by atoms with Gasteiger partial charge in [-0.25, -0.2) is 4.98 Å². The Morgan fingerprint density at radius 3 is 1.58 bits per heavy atom. The van der Waals surface area contributed by atoms with Crippen LogP contribution in [0.5, 0.6) is 0 Å². The van der Waals surface area contributed by atoms with Gasteiger partial charge in [0.2, 0.25) is 0 Å². The normalized spacial score (nSPS) is 11.3. The standard InChI is InChI=1S/C21H15N3/c1-3-8-18-14(6-1)16(12-22-18)20-10-5-11-21(24-20)17-13-23-19-9-4-2-7-15(17)19/h1-13,22-23H. The number of fused-ring (bicyclic) bond motifs is 2. The van der Waals surface area contributed by atoms with Crippen molar-refractivity contribution in [2.75, 3.05) is 0 Å². The van der Waals surface area contributed by atoms with Crippen LogP contribution in [0.15, 0.2) is 79.1 Å². The molecule has 0 aliphatic carbocycles. The first-order chi connectivity index (χ1) is 11.9. The smallest absolute Gasteiger partial charge is 0.0730 e. The van der Waals surface area contributed by atoms with Crippen LogP contribution in [-0.4, -0.2) is 15.0 Å². The van der Waals surface area contributed by atoms with Crippen molar-refractivity contribution in [2.45, 2.75) is 0 Å². The number of para-hydroxylation sites is 2. The van der Waals surface area contributed by atoms with Crippen molar-refractivity contribution in [1.82, 2.24) is 15.0 Å². The van der Waals surface area contributed by atoms with Crippen LogP contribution in [-0.2, 0) is 0 Å². The fourth-order valence-corrected chi connectivity index (χ4v) is 3.30. The summed E-state index contributed by atoms with van der Waals surface area (Å²) in [7, 11) is 0. The highest BCUT2D eigenvalue weighted by Gasteiger charge is 2.10. The van der Waals surface area contributed by atoms with Gasteiger partial charge in [0, 0.05) is 45.3 Å². The highest BCUT2D eigenvalue weighted by atomic mass is 14.8. The van der Waals surface area contributed by atoms with E-state index in [2.05, 4.69) is 64.6 Å². The van der Waals surface area contributed by atoms with Gasteiger partial charge in [0.1, 0.15) is 0 Å². The topological polar surface area (TPSA) is 44.5 Å². The van der Waals surface area contributed by atoms with E-state index in [1.165, 1.54) is 10.8 Å². The number of aromatic amines is 2. The van der Waals surface area contributed by atoms with Crippen molar-refractivity contribution in [2.24, 2.45) is 0 Å². The zero-order valence-corrected chi connectivity index (χ0v) is 13.0. The van der Waals surface area contributed by atoms with Crippen molar-refractivity contribution in [3.63, 3.8) is 0 Å². The molecule has 0 aliphatic heterocycles. The summed E-state index contributed by atoms with van der Waals surface area (Å²) in [6.45, 7) is 0. The molecule has 5 rings (SSSR count). The van der Waals surface area contributed by atoms with Gasteiger partial charge < -0.3 is 9.97 Å². The summed E-state index contributed by atoms with van der Waals surface area (Å²) in [6, 6.07) is 22.8. The third-order valence-corrected chi connectivity index (χ3v) is 4.48. The van der Waals surface area contributed by atoms with Crippen LogP contribution in [0.2, 0.25) is 0 Å². The Balaban J connectivity index is 1.69. The number of rotatable bonds is 2. The van der Waals surface area contributed by atoms with Crippen LogP contribution in [0, 0.1) is 0 Å². The van der Waals surface area contributed by atoms with Gasteiger partial charge in [0.15, 0.2) is 0 Å². The second-order valence-corrected chi connectivity index (χ2v) is 5.90. The molecule has 0 aliphatic rings. The van der Waals surface area contributed by atoms with Crippen LogP contribution in [0.4, 0.5) is 0 Å². The van der Waals surface area contributed by atoms with Gasteiger partial charge in [-0.1, -0.05) is 42.5 Å². The first-order valence-corrected chi connectivity index (χ1v) is 8.00. The van der Waals surface area contributed by atoms with E-state index in [-0.39, 0.29) is 0 Å². The van der Waals surface area contributed by atoms with E-state index in [9.17, 15) is 0 Å². The van der Waals surface area contributed by atoms with Gasteiger partial charge in [-0.05, 0) is 24.3 Å². The fraction of sp³-hybridized carbons (Fsp3) is 0. The largest absolute Gasteiger partial charge is 0.360 e. The lowest BCUT2D eigenvalue weighted by Crippen LogP contribution is -1.86. The highest BCUT2D eigenvalue weighted by Crippen LogP contribution is 2.31. The zero-order chi connectivity index (χ0) is 15.9. The molecule has 0 unspecified atom stereocenters. The minimum Gasteiger partial charge on any atom is -0.360 e. The minimum absolute atomic E-state index is 0.982. The third kappa shape index (κ3) is 1.95. The number of nitrogens with one attached hydrogen (secondary N) is 2. The van der Waals surface area contributed by atoms with Gasteiger partial charge in [0.25, 0.3) is 0 Å². The van der Waals surface area contributed by atoms with E-state index < -0.39 is 0 Å². The van der Waals surface area contributed by atoms with E-state index >= 15 is 0 Å². The number of hydrogen-bond acceptors (Lipinski definition) is 1. The van der Waals surface area contributed by atoms with E-state index in [1.54, 1.807) is 0 Å². The lowest BCUT2D eigenvalue weighted by atomic mass is 10.1. The number of nitrogens with zero attached hydrogens (tertiary/aromatic N) is 1. The molecule has 2 aromatic carbocycles. The molecular weight excluding hydrogens is 294 g/mol. The van der Waals surface area contributed by atoms with Crippen molar-refractivity contribution in [1.29, 1.82) is 0 Å². The van der Waals surface area contributed by atoms with Crippen molar-refractivity contribution < 1.29 is 0 Å².